The summed E-state index contributed by atoms with van der Waals surface area (Å²) in [5.74, 6) is 0.316. The quantitative estimate of drug-likeness (QED) is 0.854. The van der Waals surface area contributed by atoms with Gasteiger partial charge < -0.3 is 15.4 Å². The average molecular weight is 325 g/mol. The number of hydrogen-bond acceptors (Lipinski definition) is 4. The Morgan fingerprint density at radius 1 is 1.38 bits per heavy atom. The second-order valence-electron chi connectivity index (χ2n) is 4.52. The first kappa shape index (κ1) is 15.7. The molecule has 2 N–H and O–H groups in total. The van der Waals surface area contributed by atoms with Gasteiger partial charge >= 0.3 is 0 Å². The number of carbonyl (C=O) groups is 1. The molecular formula is C15H17ClN2O2S. The maximum absolute atomic E-state index is 12.6. The van der Waals surface area contributed by atoms with Crippen molar-refractivity contribution in [3.05, 3.63) is 45.1 Å². The van der Waals surface area contributed by atoms with Crippen LogP contribution in [-0.4, -0.2) is 24.5 Å². The number of amides is 1. The van der Waals surface area contributed by atoms with E-state index in [2.05, 4.69) is 0 Å². The number of nitrogen functional groups attached to an aromatic ring is 1. The number of para-hydroxylation sites is 1. The third kappa shape index (κ3) is 3.68. The molecule has 0 aliphatic rings. The summed E-state index contributed by atoms with van der Waals surface area (Å²) in [4.78, 5) is 15.2. The molecule has 0 saturated carbocycles. The number of nitrogens with two attached hydrogens (primary N) is 1. The van der Waals surface area contributed by atoms with Crippen molar-refractivity contribution in [3.63, 3.8) is 0 Å². The summed E-state index contributed by atoms with van der Waals surface area (Å²) < 4.78 is 6.22. The van der Waals surface area contributed by atoms with Crippen LogP contribution >= 0.6 is 22.9 Å². The molecule has 112 valence electrons. The van der Waals surface area contributed by atoms with Gasteiger partial charge in [0.15, 0.2) is 5.75 Å². The van der Waals surface area contributed by atoms with E-state index in [1.165, 1.54) is 11.3 Å². The lowest BCUT2D eigenvalue weighted by atomic mass is 10.1. The Kier molecular flexibility index (Phi) is 5.09. The number of halogens is 1. The number of anilines is 1. The Labute approximate surface area is 133 Å². The van der Waals surface area contributed by atoms with Crippen molar-refractivity contribution in [1.82, 2.24) is 4.90 Å². The molecule has 1 amide bonds. The summed E-state index contributed by atoms with van der Waals surface area (Å²) in [6.07, 6.45) is 0. The summed E-state index contributed by atoms with van der Waals surface area (Å²) in [6.45, 7) is 2.81. The van der Waals surface area contributed by atoms with Gasteiger partial charge in [0.25, 0.3) is 5.91 Å². The lowest BCUT2D eigenvalue weighted by Gasteiger charge is -2.19. The molecule has 6 heteroatoms. The van der Waals surface area contributed by atoms with Crippen LogP contribution in [0.5, 0.6) is 5.75 Å². The molecule has 0 aliphatic carbocycles. The van der Waals surface area contributed by atoms with Gasteiger partial charge in [0.1, 0.15) is 0 Å². The van der Waals surface area contributed by atoms with E-state index in [0.29, 0.717) is 34.5 Å². The van der Waals surface area contributed by atoms with Crippen LogP contribution < -0.4 is 10.5 Å². The number of nitrogens with zero attached hydrogens (tertiary/aromatic N) is 1. The molecule has 1 heterocycles. The van der Waals surface area contributed by atoms with Crippen LogP contribution in [0.2, 0.25) is 4.34 Å². The monoisotopic (exact) mass is 324 g/mol. The van der Waals surface area contributed by atoms with Gasteiger partial charge in [-0.3, -0.25) is 4.79 Å². The fourth-order valence-electron chi connectivity index (χ4n) is 1.98. The Morgan fingerprint density at radius 3 is 2.76 bits per heavy atom. The molecule has 2 aromatic rings. The summed E-state index contributed by atoms with van der Waals surface area (Å²) in [7, 11) is 1.74. The fraction of sp³-hybridized carbons (Fsp3) is 0.267. The zero-order valence-electron chi connectivity index (χ0n) is 11.9. The third-order valence-corrected chi connectivity index (χ3v) is 4.15. The van der Waals surface area contributed by atoms with E-state index >= 15 is 0 Å². The van der Waals surface area contributed by atoms with Crippen LogP contribution in [0, 0.1) is 0 Å². The van der Waals surface area contributed by atoms with Gasteiger partial charge in [-0.05, 0) is 31.2 Å². The number of carbonyl (C=O) groups excluding carboxylic acids is 1. The van der Waals surface area contributed by atoms with Crippen LogP contribution in [0.25, 0.3) is 0 Å². The van der Waals surface area contributed by atoms with E-state index in [1.807, 2.05) is 19.1 Å². The lowest BCUT2D eigenvalue weighted by molar-refractivity contribution is 0.0782. The Balaban J connectivity index is 2.21. The molecule has 0 spiro atoms. The Hall–Kier alpha value is -1.72. The van der Waals surface area contributed by atoms with E-state index < -0.39 is 0 Å². The predicted molar refractivity (Wildman–Crippen MR) is 87.1 cm³/mol. The van der Waals surface area contributed by atoms with Gasteiger partial charge in [0.05, 0.1) is 28.7 Å². The molecule has 21 heavy (non-hydrogen) atoms. The first-order chi connectivity index (χ1) is 10.0. The van der Waals surface area contributed by atoms with Crippen molar-refractivity contribution in [2.24, 2.45) is 0 Å². The minimum atomic E-state index is -0.129. The van der Waals surface area contributed by atoms with E-state index in [9.17, 15) is 4.79 Å². The number of benzene rings is 1. The van der Waals surface area contributed by atoms with Crippen molar-refractivity contribution in [3.8, 4) is 5.75 Å². The highest BCUT2D eigenvalue weighted by molar-refractivity contribution is 7.16. The minimum absolute atomic E-state index is 0.129. The van der Waals surface area contributed by atoms with Crippen molar-refractivity contribution in [2.45, 2.75) is 13.5 Å². The van der Waals surface area contributed by atoms with Crippen LogP contribution in [0.3, 0.4) is 0 Å². The molecule has 0 unspecified atom stereocenters. The van der Waals surface area contributed by atoms with Crippen LogP contribution in [0.1, 0.15) is 22.2 Å². The molecule has 1 aromatic heterocycles. The molecular weight excluding hydrogens is 308 g/mol. The standard InChI is InChI=1S/C15H17ClN2O2S/c1-3-20-14-11(5-4-6-12(14)17)15(19)18(2)9-10-7-8-13(16)21-10/h4-8H,3,9,17H2,1-2H3. The Bertz CT molecular complexity index is 642. The van der Waals surface area contributed by atoms with Gasteiger partial charge in [-0.1, -0.05) is 17.7 Å². The molecule has 4 nitrogen and oxygen atoms in total. The molecule has 0 saturated heterocycles. The summed E-state index contributed by atoms with van der Waals surface area (Å²) >= 11 is 7.37. The number of thiophene rings is 1. The van der Waals surface area contributed by atoms with Crippen molar-refractivity contribution in [1.29, 1.82) is 0 Å². The highest BCUT2D eigenvalue weighted by atomic mass is 35.5. The van der Waals surface area contributed by atoms with Crippen LogP contribution in [-0.2, 0) is 6.54 Å². The van der Waals surface area contributed by atoms with Gasteiger partial charge in [-0.2, -0.15) is 0 Å². The van der Waals surface area contributed by atoms with Crippen LogP contribution in [0.15, 0.2) is 30.3 Å². The predicted octanol–water partition coefficient (Wildman–Crippen LogP) is 3.65. The molecule has 0 bridgehead atoms. The third-order valence-electron chi connectivity index (χ3n) is 2.93. The molecule has 0 radical (unpaired) electrons. The first-order valence-electron chi connectivity index (χ1n) is 6.54. The van der Waals surface area contributed by atoms with Gasteiger partial charge in [-0.25, -0.2) is 0 Å². The maximum Gasteiger partial charge on any atom is 0.257 e. The lowest BCUT2D eigenvalue weighted by Crippen LogP contribution is -2.26. The second kappa shape index (κ2) is 6.83. The highest BCUT2D eigenvalue weighted by Gasteiger charge is 2.19. The van der Waals surface area contributed by atoms with Crippen molar-refractivity contribution in [2.75, 3.05) is 19.4 Å². The zero-order chi connectivity index (χ0) is 15.4. The zero-order valence-corrected chi connectivity index (χ0v) is 13.5. The van der Waals surface area contributed by atoms with Gasteiger partial charge in [0.2, 0.25) is 0 Å². The number of rotatable bonds is 5. The molecule has 0 aliphatic heterocycles. The van der Waals surface area contributed by atoms with E-state index in [4.69, 9.17) is 22.1 Å². The summed E-state index contributed by atoms with van der Waals surface area (Å²) in [6, 6.07) is 8.94. The fourth-order valence-corrected chi connectivity index (χ4v) is 3.12. The van der Waals surface area contributed by atoms with E-state index in [0.717, 1.165) is 4.88 Å². The highest BCUT2D eigenvalue weighted by Crippen LogP contribution is 2.28. The Morgan fingerprint density at radius 2 is 2.14 bits per heavy atom. The molecule has 0 atom stereocenters. The summed E-state index contributed by atoms with van der Waals surface area (Å²) in [5.41, 5.74) is 6.83. The van der Waals surface area contributed by atoms with Crippen LogP contribution in [0.4, 0.5) is 5.69 Å². The largest absolute Gasteiger partial charge is 0.491 e. The topological polar surface area (TPSA) is 55.6 Å². The molecule has 0 fully saturated rings. The minimum Gasteiger partial charge on any atom is -0.491 e. The van der Waals surface area contributed by atoms with Crippen molar-refractivity contribution < 1.29 is 9.53 Å². The average Bonchev–Trinajstić information content (AvgIpc) is 2.85. The maximum atomic E-state index is 12.6. The van der Waals surface area contributed by atoms with Gasteiger partial charge in [-0.15, -0.1) is 11.3 Å². The van der Waals surface area contributed by atoms with E-state index in [1.54, 1.807) is 30.1 Å². The van der Waals surface area contributed by atoms with Crippen molar-refractivity contribution >= 4 is 34.5 Å². The molecule has 1 aromatic carbocycles. The summed E-state index contributed by atoms with van der Waals surface area (Å²) in [5, 5.41) is 0. The smallest absolute Gasteiger partial charge is 0.257 e. The van der Waals surface area contributed by atoms with E-state index in [-0.39, 0.29) is 5.91 Å². The van der Waals surface area contributed by atoms with Gasteiger partial charge in [0, 0.05) is 11.9 Å². The second-order valence-corrected chi connectivity index (χ2v) is 6.32. The number of hydrogen-bond donors (Lipinski definition) is 1. The first-order valence-corrected chi connectivity index (χ1v) is 7.73. The molecule has 2 rings (SSSR count). The number of ether oxygens (including phenoxy) is 1. The SMILES string of the molecule is CCOc1c(N)cccc1C(=O)N(C)Cc1ccc(Cl)s1. The normalized spacial score (nSPS) is 10.4.